The fraction of sp³-hybridized carbons (Fsp3) is 0.400. The molecule has 2 aromatic rings. The Kier molecular flexibility index (Phi) is 5.80. The fourth-order valence-electron chi connectivity index (χ4n) is 3.97. The summed E-state index contributed by atoms with van der Waals surface area (Å²) in [5.41, 5.74) is 8.64. The first-order chi connectivity index (χ1) is 14.7. The summed E-state index contributed by atoms with van der Waals surface area (Å²) in [6, 6.07) is 8.11. The standard InChI is InChI=1S/C25H32N4O3/c1-24(2,3)18-10-14(11-19(21(18)31)25(4,5)6)20(30)13-29-12-15-9-16(28-23(27)32)7-8-17(15)22(29)26/h7-11,26,31H,12-13H2,1-6H3,(H3,27,28,32). The van der Waals surface area contributed by atoms with E-state index in [1.807, 2.05) is 41.5 Å². The minimum atomic E-state index is -0.651. The third-order valence-corrected chi connectivity index (χ3v) is 5.69. The molecule has 170 valence electrons. The number of carbonyl (C=O) groups excluding carboxylic acids is 2. The van der Waals surface area contributed by atoms with Crippen LogP contribution in [0.5, 0.6) is 5.75 Å². The van der Waals surface area contributed by atoms with Crippen LogP contribution >= 0.6 is 0 Å². The van der Waals surface area contributed by atoms with Crippen LogP contribution in [0.1, 0.15) is 74.2 Å². The molecule has 0 aliphatic carbocycles. The SMILES string of the molecule is CC(C)(C)c1cc(C(=O)CN2Cc3cc(NC(N)=O)ccc3C2=N)cc(C(C)(C)C)c1O. The largest absolute Gasteiger partial charge is 0.507 e. The zero-order chi connectivity index (χ0) is 24.0. The number of fused-ring (bicyclic) bond motifs is 1. The molecule has 1 aliphatic heterocycles. The Bertz CT molecular complexity index is 1070. The number of urea groups is 1. The van der Waals surface area contributed by atoms with Crippen LogP contribution < -0.4 is 11.1 Å². The van der Waals surface area contributed by atoms with Crippen LogP contribution in [-0.4, -0.2) is 34.2 Å². The molecule has 7 heteroatoms. The number of anilines is 1. The number of phenols is 1. The number of amides is 2. The molecule has 0 atom stereocenters. The van der Waals surface area contributed by atoms with Gasteiger partial charge >= 0.3 is 6.03 Å². The van der Waals surface area contributed by atoms with Crippen molar-refractivity contribution < 1.29 is 14.7 Å². The van der Waals surface area contributed by atoms with Gasteiger partial charge in [0.15, 0.2) is 5.78 Å². The van der Waals surface area contributed by atoms with Gasteiger partial charge in [-0.1, -0.05) is 41.5 Å². The van der Waals surface area contributed by atoms with Crippen molar-refractivity contribution in [3.8, 4) is 5.75 Å². The number of hydrogen-bond donors (Lipinski definition) is 4. The number of aromatic hydroxyl groups is 1. The molecule has 1 aliphatic rings. The third kappa shape index (κ3) is 4.61. The molecule has 0 saturated carbocycles. The predicted molar refractivity (Wildman–Crippen MR) is 127 cm³/mol. The van der Waals surface area contributed by atoms with Crippen molar-refractivity contribution in [2.75, 3.05) is 11.9 Å². The highest BCUT2D eigenvalue weighted by Gasteiger charge is 2.30. The van der Waals surface area contributed by atoms with E-state index in [1.54, 1.807) is 35.2 Å². The first-order valence-electron chi connectivity index (χ1n) is 10.6. The molecule has 32 heavy (non-hydrogen) atoms. The van der Waals surface area contributed by atoms with Crippen molar-refractivity contribution in [1.29, 1.82) is 5.41 Å². The summed E-state index contributed by atoms with van der Waals surface area (Å²) in [6.07, 6.45) is 0. The predicted octanol–water partition coefficient (Wildman–Crippen LogP) is 4.50. The van der Waals surface area contributed by atoms with E-state index in [1.165, 1.54) is 0 Å². The summed E-state index contributed by atoms with van der Waals surface area (Å²) in [5, 5.41) is 21.9. The number of primary amides is 1. The minimum absolute atomic E-state index is 0.0457. The van der Waals surface area contributed by atoms with Crippen molar-refractivity contribution in [3.05, 3.63) is 58.1 Å². The molecular formula is C25H32N4O3. The van der Waals surface area contributed by atoms with E-state index in [0.29, 0.717) is 17.8 Å². The molecule has 5 N–H and O–H groups in total. The Labute approximate surface area is 189 Å². The molecule has 2 aromatic carbocycles. The van der Waals surface area contributed by atoms with Gasteiger partial charge in [0.25, 0.3) is 0 Å². The minimum Gasteiger partial charge on any atom is -0.507 e. The zero-order valence-corrected chi connectivity index (χ0v) is 19.6. The van der Waals surface area contributed by atoms with Gasteiger partial charge in [-0.05, 0) is 46.7 Å². The number of rotatable bonds is 4. The Hall–Kier alpha value is -3.35. The van der Waals surface area contributed by atoms with Crippen LogP contribution in [0.3, 0.4) is 0 Å². The molecule has 3 rings (SSSR count). The molecule has 0 spiro atoms. The number of Topliss-reactive ketones (excluding diaryl/α,β-unsaturated/α-hetero) is 1. The van der Waals surface area contributed by atoms with Crippen LogP contribution in [0.2, 0.25) is 0 Å². The Morgan fingerprint density at radius 1 is 1.06 bits per heavy atom. The molecule has 0 fully saturated rings. The molecule has 0 radical (unpaired) electrons. The number of amidine groups is 1. The van der Waals surface area contributed by atoms with Gasteiger partial charge < -0.3 is 21.1 Å². The second-order valence-corrected chi connectivity index (χ2v) is 10.4. The number of nitrogens with one attached hydrogen (secondary N) is 2. The van der Waals surface area contributed by atoms with Crippen molar-refractivity contribution in [1.82, 2.24) is 4.90 Å². The van der Waals surface area contributed by atoms with Crippen molar-refractivity contribution in [3.63, 3.8) is 0 Å². The maximum atomic E-state index is 13.3. The van der Waals surface area contributed by atoms with Crippen LogP contribution in [0.4, 0.5) is 10.5 Å². The van der Waals surface area contributed by atoms with Gasteiger partial charge in [0.2, 0.25) is 0 Å². The number of ketones is 1. The monoisotopic (exact) mass is 436 g/mol. The lowest BCUT2D eigenvalue weighted by atomic mass is 9.78. The fourth-order valence-corrected chi connectivity index (χ4v) is 3.97. The smallest absolute Gasteiger partial charge is 0.316 e. The zero-order valence-electron chi connectivity index (χ0n) is 19.6. The molecular weight excluding hydrogens is 404 g/mol. The number of phenolic OH excluding ortho intramolecular Hbond substituents is 1. The van der Waals surface area contributed by atoms with Crippen molar-refractivity contribution in [2.24, 2.45) is 5.73 Å². The van der Waals surface area contributed by atoms with Gasteiger partial charge in [0, 0.05) is 34.5 Å². The first kappa shape index (κ1) is 23.3. The topological polar surface area (TPSA) is 120 Å². The number of carbonyl (C=O) groups is 2. The number of nitrogens with two attached hydrogens (primary N) is 1. The van der Waals surface area contributed by atoms with Crippen molar-refractivity contribution in [2.45, 2.75) is 58.9 Å². The summed E-state index contributed by atoms with van der Waals surface area (Å²) in [6.45, 7) is 12.5. The van der Waals surface area contributed by atoms with Gasteiger partial charge in [-0.15, -0.1) is 0 Å². The Morgan fingerprint density at radius 3 is 2.12 bits per heavy atom. The lowest BCUT2D eigenvalue weighted by molar-refractivity contribution is 0.0962. The quantitative estimate of drug-likeness (QED) is 0.527. The average Bonchev–Trinajstić information content (AvgIpc) is 2.94. The second-order valence-electron chi connectivity index (χ2n) is 10.4. The summed E-state index contributed by atoms with van der Waals surface area (Å²) >= 11 is 0. The molecule has 0 unspecified atom stereocenters. The van der Waals surface area contributed by atoms with Crippen LogP contribution in [-0.2, 0) is 17.4 Å². The summed E-state index contributed by atoms with van der Waals surface area (Å²) in [7, 11) is 0. The van der Waals surface area contributed by atoms with E-state index in [-0.39, 0.29) is 34.7 Å². The maximum Gasteiger partial charge on any atom is 0.316 e. The summed E-state index contributed by atoms with van der Waals surface area (Å²) in [5.74, 6) is 0.385. The average molecular weight is 437 g/mol. The molecule has 0 bridgehead atoms. The van der Waals surface area contributed by atoms with Crippen LogP contribution in [0, 0.1) is 5.41 Å². The normalized spacial score (nSPS) is 13.8. The van der Waals surface area contributed by atoms with E-state index in [9.17, 15) is 14.7 Å². The number of benzene rings is 2. The summed E-state index contributed by atoms with van der Waals surface area (Å²) in [4.78, 5) is 26.1. The first-order valence-corrected chi connectivity index (χ1v) is 10.6. The van der Waals surface area contributed by atoms with Gasteiger partial charge in [0.1, 0.15) is 11.6 Å². The van der Waals surface area contributed by atoms with E-state index in [2.05, 4.69) is 5.32 Å². The van der Waals surface area contributed by atoms with Crippen LogP contribution in [0.15, 0.2) is 30.3 Å². The highest BCUT2D eigenvalue weighted by Crippen LogP contribution is 2.40. The number of nitrogens with zero attached hydrogens (tertiary/aromatic N) is 1. The maximum absolute atomic E-state index is 13.3. The summed E-state index contributed by atoms with van der Waals surface area (Å²) < 4.78 is 0. The highest BCUT2D eigenvalue weighted by molar-refractivity contribution is 6.06. The van der Waals surface area contributed by atoms with E-state index in [4.69, 9.17) is 11.1 Å². The molecule has 1 heterocycles. The molecule has 2 amide bonds. The molecule has 0 saturated heterocycles. The third-order valence-electron chi connectivity index (χ3n) is 5.69. The van der Waals surface area contributed by atoms with E-state index < -0.39 is 6.03 Å². The second kappa shape index (κ2) is 7.97. The Balaban J connectivity index is 1.90. The van der Waals surface area contributed by atoms with Crippen LogP contribution in [0.25, 0.3) is 0 Å². The molecule has 7 nitrogen and oxygen atoms in total. The van der Waals surface area contributed by atoms with Gasteiger partial charge in [-0.25, -0.2) is 4.79 Å². The lowest BCUT2D eigenvalue weighted by Gasteiger charge is -2.28. The van der Waals surface area contributed by atoms with Crippen molar-refractivity contribution >= 4 is 23.3 Å². The highest BCUT2D eigenvalue weighted by atomic mass is 16.3. The van der Waals surface area contributed by atoms with Gasteiger partial charge in [-0.2, -0.15) is 0 Å². The number of hydrogen-bond acceptors (Lipinski definition) is 4. The Morgan fingerprint density at radius 2 is 1.62 bits per heavy atom. The van der Waals surface area contributed by atoms with Gasteiger partial charge in [0.05, 0.1) is 6.54 Å². The lowest BCUT2D eigenvalue weighted by Crippen LogP contribution is -2.30. The van der Waals surface area contributed by atoms with E-state index in [0.717, 1.165) is 22.3 Å². The van der Waals surface area contributed by atoms with Gasteiger partial charge in [-0.3, -0.25) is 10.2 Å². The molecule has 0 aromatic heterocycles. The van der Waals surface area contributed by atoms with E-state index >= 15 is 0 Å².